The van der Waals surface area contributed by atoms with Crippen LogP contribution in [0.1, 0.15) is 25.7 Å². The lowest BCUT2D eigenvalue weighted by atomic mass is 10.3. The molecular weight excluding hydrogens is 538 g/mol. The van der Waals surface area contributed by atoms with Gasteiger partial charge >= 0.3 is 12.2 Å². The minimum atomic E-state index is -0.473. The zero-order chi connectivity index (χ0) is 17.6. The van der Waals surface area contributed by atoms with Crippen molar-refractivity contribution < 1.29 is 19.1 Å². The lowest BCUT2D eigenvalue weighted by Crippen LogP contribution is -2.15. The molecule has 0 fully saturated rings. The van der Waals surface area contributed by atoms with Gasteiger partial charge in [0.15, 0.2) is 0 Å². The number of rotatable bonds is 10. The summed E-state index contributed by atoms with van der Waals surface area (Å²) in [4.78, 5) is 23.2. The molecule has 0 aliphatic rings. The number of ether oxygens (including phenoxy) is 2. The van der Waals surface area contributed by atoms with Gasteiger partial charge in [-0.1, -0.05) is 45.2 Å². The molecule has 0 bridgehead atoms. The summed E-state index contributed by atoms with van der Waals surface area (Å²) in [5.41, 5.74) is 1.21. The number of anilines is 2. The first kappa shape index (κ1) is 21.3. The van der Waals surface area contributed by atoms with Gasteiger partial charge in [0.25, 0.3) is 0 Å². The normalized spacial score (nSPS) is 10.1. The van der Waals surface area contributed by atoms with Gasteiger partial charge in [-0.3, -0.25) is 10.6 Å². The van der Waals surface area contributed by atoms with Crippen molar-refractivity contribution in [1.82, 2.24) is 0 Å². The summed E-state index contributed by atoms with van der Waals surface area (Å²) in [6.45, 7) is 0.829. The van der Waals surface area contributed by atoms with Gasteiger partial charge in [0, 0.05) is 11.4 Å². The van der Waals surface area contributed by atoms with Crippen LogP contribution in [0, 0.1) is 0 Å². The van der Waals surface area contributed by atoms with Crippen LogP contribution in [-0.2, 0) is 9.47 Å². The van der Waals surface area contributed by atoms with Crippen molar-refractivity contribution in [3.05, 3.63) is 24.3 Å². The molecule has 0 heterocycles. The van der Waals surface area contributed by atoms with Crippen LogP contribution < -0.4 is 10.6 Å². The molecule has 0 aliphatic heterocycles. The predicted molar refractivity (Wildman–Crippen MR) is 113 cm³/mol. The molecular formula is C16H22I2N2O4. The molecule has 0 aromatic heterocycles. The minimum Gasteiger partial charge on any atom is -0.449 e. The van der Waals surface area contributed by atoms with Crippen LogP contribution in [0.2, 0.25) is 0 Å². The van der Waals surface area contributed by atoms with E-state index >= 15 is 0 Å². The third-order valence-electron chi connectivity index (χ3n) is 2.90. The summed E-state index contributed by atoms with van der Waals surface area (Å²) in [6.07, 6.45) is 2.83. The fourth-order valence-corrected chi connectivity index (χ4v) is 2.75. The Morgan fingerprint density at radius 2 is 1.12 bits per heavy atom. The van der Waals surface area contributed by atoms with E-state index in [4.69, 9.17) is 9.47 Å². The van der Waals surface area contributed by atoms with Crippen LogP contribution in [-0.4, -0.2) is 34.3 Å². The van der Waals surface area contributed by atoms with Gasteiger partial charge in [-0.25, -0.2) is 9.59 Å². The van der Waals surface area contributed by atoms with Gasteiger partial charge in [0.1, 0.15) is 0 Å². The molecule has 6 nitrogen and oxygen atoms in total. The maximum atomic E-state index is 11.6. The average molecular weight is 560 g/mol. The molecule has 0 atom stereocenters. The van der Waals surface area contributed by atoms with Crippen LogP contribution in [0.15, 0.2) is 24.3 Å². The lowest BCUT2D eigenvalue weighted by molar-refractivity contribution is 0.159. The van der Waals surface area contributed by atoms with Crippen molar-refractivity contribution in [2.75, 3.05) is 32.7 Å². The number of carbonyl (C=O) groups is 2. The van der Waals surface area contributed by atoms with Crippen LogP contribution >= 0.6 is 45.2 Å². The summed E-state index contributed by atoms with van der Waals surface area (Å²) < 4.78 is 12.2. The van der Waals surface area contributed by atoms with Gasteiger partial charge in [-0.05, 0) is 58.8 Å². The molecule has 0 saturated heterocycles. The smallest absolute Gasteiger partial charge is 0.411 e. The Morgan fingerprint density at radius 1 is 0.750 bits per heavy atom. The van der Waals surface area contributed by atoms with E-state index in [-0.39, 0.29) is 0 Å². The number of carbonyl (C=O) groups excluding carboxylic acids is 2. The molecule has 0 aliphatic carbocycles. The summed E-state index contributed by atoms with van der Waals surface area (Å²) in [5.74, 6) is 0. The Balaban J connectivity index is 2.29. The first-order valence-corrected chi connectivity index (χ1v) is 10.8. The number of nitrogens with one attached hydrogen (secondary N) is 2. The molecule has 0 radical (unpaired) electrons. The standard InChI is InChI=1S/C16H22I2N2O4/c17-9-1-3-11-23-15(21)19-13-5-7-14(8-6-13)20-16(22)24-12-4-2-10-18/h5-8H,1-4,9-12H2,(H,19,21)(H,20,22). The van der Waals surface area contributed by atoms with Crippen molar-refractivity contribution in [2.24, 2.45) is 0 Å². The Labute approximate surface area is 169 Å². The molecule has 2 amide bonds. The van der Waals surface area contributed by atoms with Crippen molar-refractivity contribution in [1.29, 1.82) is 0 Å². The Morgan fingerprint density at radius 3 is 1.46 bits per heavy atom. The van der Waals surface area contributed by atoms with Gasteiger partial charge in [-0.2, -0.15) is 0 Å². The van der Waals surface area contributed by atoms with E-state index in [1.54, 1.807) is 24.3 Å². The highest BCUT2D eigenvalue weighted by Gasteiger charge is 2.05. The summed E-state index contributed by atoms with van der Waals surface area (Å²) >= 11 is 4.58. The van der Waals surface area contributed by atoms with Crippen LogP contribution in [0.5, 0.6) is 0 Å². The fraction of sp³-hybridized carbons (Fsp3) is 0.500. The highest BCUT2D eigenvalue weighted by atomic mass is 127. The fourth-order valence-electron chi connectivity index (χ4n) is 1.67. The SMILES string of the molecule is O=C(Nc1ccc(NC(=O)OCCCCI)cc1)OCCCCI. The van der Waals surface area contributed by atoms with Crippen molar-refractivity contribution in [3.63, 3.8) is 0 Å². The largest absolute Gasteiger partial charge is 0.449 e. The highest BCUT2D eigenvalue weighted by Crippen LogP contribution is 2.14. The van der Waals surface area contributed by atoms with Crippen LogP contribution in [0.4, 0.5) is 21.0 Å². The van der Waals surface area contributed by atoms with Gasteiger partial charge in [0.2, 0.25) is 0 Å². The topological polar surface area (TPSA) is 76.7 Å². The monoisotopic (exact) mass is 560 g/mol. The first-order valence-electron chi connectivity index (χ1n) is 7.75. The Hall–Kier alpha value is -0.780. The molecule has 1 rings (SSSR count). The van der Waals surface area contributed by atoms with Crippen LogP contribution in [0.25, 0.3) is 0 Å². The van der Waals surface area contributed by atoms with Crippen LogP contribution in [0.3, 0.4) is 0 Å². The van der Waals surface area contributed by atoms with Crippen molar-refractivity contribution in [3.8, 4) is 0 Å². The van der Waals surface area contributed by atoms with Gasteiger partial charge in [-0.15, -0.1) is 0 Å². The second kappa shape index (κ2) is 13.5. The third kappa shape index (κ3) is 10.2. The molecule has 24 heavy (non-hydrogen) atoms. The second-order valence-corrected chi connectivity index (χ2v) is 7.05. The van der Waals surface area contributed by atoms with E-state index in [1.165, 1.54) is 0 Å². The first-order chi connectivity index (χ1) is 11.7. The summed E-state index contributed by atoms with van der Waals surface area (Å²) in [7, 11) is 0. The number of hydrogen-bond donors (Lipinski definition) is 2. The van der Waals surface area contributed by atoms with E-state index in [9.17, 15) is 9.59 Å². The maximum Gasteiger partial charge on any atom is 0.411 e. The molecule has 1 aromatic carbocycles. The molecule has 1 aromatic rings. The molecule has 8 heteroatoms. The highest BCUT2D eigenvalue weighted by molar-refractivity contribution is 14.1. The van der Waals surface area contributed by atoms with E-state index in [2.05, 4.69) is 55.8 Å². The number of unbranched alkanes of at least 4 members (excludes halogenated alkanes) is 2. The zero-order valence-electron chi connectivity index (χ0n) is 13.4. The molecule has 0 saturated carbocycles. The second-order valence-electron chi connectivity index (χ2n) is 4.89. The molecule has 134 valence electrons. The number of benzene rings is 1. The maximum absolute atomic E-state index is 11.6. The van der Waals surface area contributed by atoms with E-state index in [0.717, 1.165) is 34.5 Å². The number of halogens is 2. The number of amides is 2. The van der Waals surface area contributed by atoms with E-state index < -0.39 is 12.2 Å². The quantitative estimate of drug-likeness (QED) is 0.234. The van der Waals surface area contributed by atoms with Crippen molar-refractivity contribution >= 4 is 68.7 Å². The van der Waals surface area contributed by atoms with Gasteiger partial charge in [0.05, 0.1) is 13.2 Å². The van der Waals surface area contributed by atoms with Crippen molar-refractivity contribution in [2.45, 2.75) is 25.7 Å². The van der Waals surface area contributed by atoms with E-state index in [0.29, 0.717) is 24.6 Å². The Bertz CT molecular complexity index is 452. The third-order valence-corrected chi connectivity index (χ3v) is 4.43. The Kier molecular flexibility index (Phi) is 12.0. The molecule has 0 spiro atoms. The minimum absolute atomic E-state index is 0.415. The number of hydrogen-bond acceptors (Lipinski definition) is 4. The molecule has 2 N–H and O–H groups in total. The predicted octanol–water partition coefficient (Wildman–Crippen LogP) is 5.21. The zero-order valence-corrected chi connectivity index (χ0v) is 17.7. The summed E-state index contributed by atoms with van der Waals surface area (Å²) in [6, 6.07) is 6.77. The summed E-state index contributed by atoms with van der Waals surface area (Å²) in [5, 5.41) is 5.28. The average Bonchev–Trinajstić information content (AvgIpc) is 2.57. The van der Waals surface area contributed by atoms with Gasteiger partial charge < -0.3 is 9.47 Å². The lowest BCUT2D eigenvalue weighted by Gasteiger charge is -2.09. The molecule has 0 unspecified atom stereocenters. The number of alkyl halides is 2. The van der Waals surface area contributed by atoms with E-state index in [1.807, 2.05) is 0 Å².